The molecule has 10 heteroatoms. The molecule has 1 heterocycles. The molecule has 0 bridgehead atoms. The van der Waals surface area contributed by atoms with Gasteiger partial charge >= 0.3 is 0 Å². The van der Waals surface area contributed by atoms with Gasteiger partial charge in [-0.05, 0) is 74.0 Å². The van der Waals surface area contributed by atoms with Crippen molar-refractivity contribution in [3.05, 3.63) is 77.9 Å². The van der Waals surface area contributed by atoms with E-state index in [1.165, 1.54) is 11.8 Å². The lowest BCUT2D eigenvalue weighted by Crippen LogP contribution is -2.20. The van der Waals surface area contributed by atoms with Gasteiger partial charge < -0.3 is 14.2 Å². The summed E-state index contributed by atoms with van der Waals surface area (Å²) >= 11 is 1.28. The minimum Gasteiger partial charge on any atom is -0.497 e. The molecule has 1 N–H and O–H groups in total. The summed E-state index contributed by atoms with van der Waals surface area (Å²) in [6, 6.07) is 21.1. The molecule has 9 nitrogen and oxygen atoms in total. The number of ether oxygens (including phenoxy) is 3. The van der Waals surface area contributed by atoms with Crippen molar-refractivity contribution in [3.8, 4) is 34.3 Å². The zero-order valence-corrected chi connectivity index (χ0v) is 22.5. The monoisotopic (exact) mass is 531 g/mol. The highest BCUT2D eigenvalue weighted by Crippen LogP contribution is 2.29. The number of thioether (sulfide) groups is 1. The Labute approximate surface area is 225 Å². The fraction of sp³-hybridized carbons (Fsp3) is 0.214. The smallest absolute Gasteiger partial charge is 0.250 e. The fourth-order valence-electron chi connectivity index (χ4n) is 3.60. The largest absolute Gasteiger partial charge is 0.497 e. The molecule has 0 radical (unpaired) electrons. The molecule has 4 rings (SSSR count). The van der Waals surface area contributed by atoms with Crippen molar-refractivity contribution in [2.45, 2.75) is 19.0 Å². The normalized spacial score (nSPS) is 10.9. The third kappa shape index (κ3) is 6.51. The van der Waals surface area contributed by atoms with E-state index in [-0.39, 0.29) is 11.7 Å². The van der Waals surface area contributed by atoms with Crippen LogP contribution in [0, 0.1) is 6.92 Å². The van der Waals surface area contributed by atoms with Gasteiger partial charge in [0.25, 0.3) is 5.91 Å². The molecule has 0 unspecified atom stereocenters. The van der Waals surface area contributed by atoms with Crippen LogP contribution in [0.2, 0.25) is 0 Å². The van der Waals surface area contributed by atoms with Crippen molar-refractivity contribution in [2.75, 3.05) is 26.6 Å². The Balaban J connectivity index is 1.47. The fourth-order valence-corrected chi connectivity index (χ4v) is 4.34. The van der Waals surface area contributed by atoms with Crippen molar-refractivity contribution in [2.24, 2.45) is 5.10 Å². The third-order valence-electron chi connectivity index (χ3n) is 5.50. The molecule has 0 atom stereocenters. The number of aromatic nitrogens is 3. The molecule has 0 aliphatic heterocycles. The van der Waals surface area contributed by atoms with Crippen LogP contribution in [0.3, 0.4) is 0 Å². The average molecular weight is 532 g/mol. The van der Waals surface area contributed by atoms with Gasteiger partial charge in [0, 0.05) is 11.3 Å². The van der Waals surface area contributed by atoms with E-state index in [0.717, 1.165) is 28.1 Å². The lowest BCUT2D eigenvalue weighted by atomic mass is 10.2. The Morgan fingerprint density at radius 1 is 1.00 bits per heavy atom. The van der Waals surface area contributed by atoms with Crippen molar-refractivity contribution >= 4 is 23.9 Å². The highest BCUT2D eigenvalue weighted by molar-refractivity contribution is 7.99. The molecule has 0 saturated heterocycles. The maximum atomic E-state index is 12.5. The number of hydrazone groups is 1. The van der Waals surface area contributed by atoms with Gasteiger partial charge in [0.15, 0.2) is 22.5 Å². The van der Waals surface area contributed by atoms with E-state index < -0.39 is 0 Å². The van der Waals surface area contributed by atoms with E-state index in [0.29, 0.717) is 29.1 Å². The number of carbonyl (C=O) groups is 1. The molecule has 1 aromatic heterocycles. The van der Waals surface area contributed by atoms with Gasteiger partial charge in [0.1, 0.15) is 5.75 Å². The van der Waals surface area contributed by atoms with Crippen LogP contribution in [0.15, 0.2) is 77.0 Å². The van der Waals surface area contributed by atoms with Gasteiger partial charge in [-0.3, -0.25) is 9.36 Å². The molecule has 0 spiro atoms. The van der Waals surface area contributed by atoms with Gasteiger partial charge in [0.2, 0.25) is 0 Å². The molecular weight excluding hydrogens is 502 g/mol. The number of nitrogens with one attached hydrogen (secondary N) is 1. The van der Waals surface area contributed by atoms with Crippen LogP contribution in [-0.2, 0) is 4.79 Å². The van der Waals surface area contributed by atoms with Crippen LogP contribution in [0.4, 0.5) is 0 Å². The number of methoxy groups -OCH3 is 2. The molecule has 4 aromatic rings. The molecule has 0 aliphatic carbocycles. The first-order valence-corrected chi connectivity index (χ1v) is 12.9. The lowest BCUT2D eigenvalue weighted by molar-refractivity contribution is -0.118. The standard InChI is InChI=1S/C28H29N5O4S/c1-5-37-24-15-8-20(16-25(24)36-4)17-29-30-26(34)18-38-28-32-31-27(21-9-13-23(35-3)14-10-21)33(28)22-11-6-19(2)7-12-22/h6-17H,5,18H2,1-4H3,(H,30,34). The number of nitrogens with zero attached hydrogens (tertiary/aromatic N) is 4. The van der Waals surface area contributed by atoms with Crippen LogP contribution < -0.4 is 19.6 Å². The molecule has 0 fully saturated rings. The van der Waals surface area contributed by atoms with Crippen LogP contribution in [0.1, 0.15) is 18.1 Å². The molecular formula is C28H29N5O4S. The predicted octanol–water partition coefficient (Wildman–Crippen LogP) is 4.90. The minimum absolute atomic E-state index is 0.108. The topological polar surface area (TPSA) is 99.9 Å². The zero-order chi connectivity index (χ0) is 26.9. The summed E-state index contributed by atoms with van der Waals surface area (Å²) in [7, 11) is 3.20. The van der Waals surface area contributed by atoms with E-state index in [2.05, 4.69) is 20.7 Å². The van der Waals surface area contributed by atoms with Gasteiger partial charge in [0.05, 0.1) is 32.8 Å². The quantitative estimate of drug-likeness (QED) is 0.167. The van der Waals surface area contributed by atoms with Crippen molar-refractivity contribution in [1.29, 1.82) is 0 Å². The third-order valence-corrected chi connectivity index (χ3v) is 6.43. The Morgan fingerprint density at radius 2 is 1.76 bits per heavy atom. The van der Waals surface area contributed by atoms with E-state index in [1.54, 1.807) is 32.6 Å². The number of carbonyl (C=O) groups excluding carboxylic acids is 1. The van der Waals surface area contributed by atoms with Crippen molar-refractivity contribution in [3.63, 3.8) is 0 Å². The van der Waals surface area contributed by atoms with E-state index in [1.807, 2.05) is 73.0 Å². The summed E-state index contributed by atoms with van der Waals surface area (Å²) < 4.78 is 18.1. The summed E-state index contributed by atoms with van der Waals surface area (Å²) in [5.41, 5.74) is 6.25. The van der Waals surface area contributed by atoms with Crippen LogP contribution in [0.5, 0.6) is 17.2 Å². The van der Waals surface area contributed by atoms with E-state index in [4.69, 9.17) is 14.2 Å². The number of aryl methyl sites for hydroxylation is 1. The number of hydrogen-bond donors (Lipinski definition) is 1. The van der Waals surface area contributed by atoms with Crippen LogP contribution in [0.25, 0.3) is 17.1 Å². The molecule has 38 heavy (non-hydrogen) atoms. The molecule has 0 aliphatic rings. The first kappa shape index (κ1) is 26.7. The maximum absolute atomic E-state index is 12.5. The number of hydrogen-bond acceptors (Lipinski definition) is 8. The molecule has 196 valence electrons. The zero-order valence-electron chi connectivity index (χ0n) is 21.7. The molecule has 1 amide bonds. The summed E-state index contributed by atoms with van der Waals surface area (Å²) in [4.78, 5) is 12.5. The summed E-state index contributed by atoms with van der Waals surface area (Å²) in [5, 5.41) is 13.5. The summed E-state index contributed by atoms with van der Waals surface area (Å²) in [6.07, 6.45) is 1.55. The first-order valence-electron chi connectivity index (χ1n) is 11.9. The lowest BCUT2D eigenvalue weighted by Gasteiger charge is -2.11. The maximum Gasteiger partial charge on any atom is 0.250 e. The number of benzene rings is 3. The van der Waals surface area contributed by atoms with Crippen LogP contribution in [-0.4, -0.2) is 53.5 Å². The minimum atomic E-state index is -0.270. The molecule has 3 aromatic carbocycles. The van der Waals surface area contributed by atoms with E-state index >= 15 is 0 Å². The van der Waals surface area contributed by atoms with Crippen molar-refractivity contribution < 1.29 is 19.0 Å². The Morgan fingerprint density at radius 3 is 2.45 bits per heavy atom. The van der Waals surface area contributed by atoms with Gasteiger partial charge in [-0.1, -0.05) is 29.5 Å². The highest BCUT2D eigenvalue weighted by atomic mass is 32.2. The Kier molecular flexibility index (Phi) is 8.99. The second kappa shape index (κ2) is 12.8. The van der Waals surface area contributed by atoms with Gasteiger partial charge in [-0.25, -0.2) is 5.43 Å². The Hall–Kier alpha value is -4.31. The highest BCUT2D eigenvalue weighted by Gasteiger charge is 2.17. The predicted molar refractivity (Wildman–Crippen MR) is 149 cm³/mol. The molecule has 0 saturated carbocycles. The summed E-state index contributed by atoms with van der Waals surface area (Å²) in [5.74, 6) is 2.51. The first-order chi connectivity index (χ1) is 18.5. The SMILES string of the molecule is CCOc1ccc(C=NNC(=O)CSc2nnc(-c3ccc(OC)cc3)n2-c2ccc(C)cc2)cc1OC. The van der Waals surface area contributed by atoms with E-state index in [9.17, 15) is 4.79 Å². The second-order valence-electron chi connectivity index (χ2n) is 8.13. The van der Waals surface area contributed by atoms with Crippen LogP contribution >= 0.6 is 11.8 Å². The summed E-state index contributed by atoms with van der Waals surface area (Å²) in [6.45, 7) is 4.48. The van der Waals surface area contributed by atoms with Gasteiger partial charge in [-0.15, -0.1) is 10.2 Å². The Bertz CT molecular complexity index is 1400. The second-order valence-corrected chi connectivity index (χ2v) is 9.07. The number of amides is 1. The van der Waals surface area contributed by atoms with Gasteiger partial charge in [-0.2, -0.15) is 5.10 Å². The van der Waals surface area contributed by atoms with Crippen molar-refractivity contribution in [1.82, 2.24) is 20.2 Å². The number of rotatable bonds is 11. The average Bonchev–Trinajstić information content (AvgIpc) is 3.37.